The molecule has 0 radical (unpaired) electrons. The molecule has 2 unspecified atom stereocenters. The molecule has 0 saturated heterocycles. The highest BCUT2D eigenvalue weighted by Crippen LogP contribution is 2.45. The second kappa shape index (κ2) is 15.3. The van der Waals surface area contributed by atoms with Crippen molar-refractivity contribution in [1.29, 1.82) is 0 Å². The van der Waals surface area contributed by atoms with Crippen LogP contribution in [-0.4, -0.2) is 14.9 Å². The van der Waals surface area contributed by atoms with Gasteiger partial charge in [-0.15, -0.1) is 0 Å². The molecule has 61 heavy (non-hydrogen) atoms. The van der Waals surface area contributed by atoms with Crippen LogP contribution in [0.15, 0.2) is 207 Å². The molecule has 0 N–H and O–H groups in total. The topological polar surface area (TPSA) is 30.2 Å². The minimum absolute atomic E-state index is 0.0558. The maximum Gasteiger partial charge on any atom is 0.185 e. The molecular formula is C57H47N3O. The van der Waals surface area contributed by atoms with Gasteiger partial charge in [-0.3, -0.25) is 4.79 Å². The molecule has 2 aromatic heterocycles. The Balaban J connectivity index is 1.06. The molecule has 0 aliphatic carbocycles. The minimum Gasteiger partial charge on any atom is -0.337 e. The van der Waals surface area contributed by atoms with Crippen molar-refractivity contribution in [3.63, 3.8) is 0 Å². The second-order valence-corrected chi connectivity index (χ2v) is 16.3. The van der Waals surface area contributed by atoms with E-state index in [2.05, 4.69) is 223 Å². The molecule has 4 heteroatoms. The van der Waals surface area contributed by atoms with Crippen LogP contribution in [0.25, 0.3) is 60.4 Å². The molecule has 10 aromatic rings. The lowest BCUT2D eigenvalue weighted by Crippen LogP contribution is -2.32. The van der Waals surface area contributed by atoms with Crippen molar-refractivity contribution in [2.45, 2.75) is 38.6 Å². The molecule has 0 fully saturated rings. The number of para-hydroxylation sites is 4. The number of anilines is 3. The Labute approximate surface area is 357 Å². The Hall–Kier alpha value is -7.43. The number of hydrogen-bond acceptors (Lipinski definition) is 2. The van der Waals surface area contributed by atoms with Gasteiger partial charge in [-0.25, -0.2) is 0 Å². The zero-order valence-electron chi connectivity index (χ0n) is 34.8. The van der Waals surface area contributed by atoms with Crippen LogP contribution in [0.3, 0.4) is 0 Å². The average Bonchev–Trinajstić information content (AvgIpc) is 3.83. The fourth-order valence-electron chi connectivity index (χ4n) is 9.52. The van der Waals surface area contributed by atoms with E-state index in [1.165, 1.54) is 66.4 Å². The summed E-state index contributed by atoms with van der Waals surface area (Å²) in [5, 5.41) is 4.93. The Morgan fingerprint density at radius 2 is 1.07 bits per heavy atom. The molecule has 8 aromatic carbocycles. The van der Waals surface area contributed by atoms with Crippen molar-refractivity contribution in [3.05, 3.63) is 218 Å². The molecule has 4 nitrogen and oxygen atoms in total. The normalized spacial score (nSPS) is 13.1. The van der Waals surface area contributed by atoms with E-state index in [1.807, 2.05) is 12.1 Å². The highest BCUT2D eigenvalue weighted by molar-refractivity contribution is 6.18. The fourth-order valence-corrected chi connectivity index (χ4v) is 9.52. The number of fused-ring (bicyclic) bond motifs is 6. The van der Waals surface area contributed by atoms with E-state index in [9.17, 15) is 4.79 Å². The Bertz CT molecular complexity index is 3170. The molecule has 0 aliphatic heterocycles. The predicted molar refractivity (Wildman–Crippen MR) is 257 cm³/mol. The summed E-state index contributed by atoms with van der Waals surface area (Å²) >= 11 is 0. The van der Waals surface area contributed by atoms with Crippen molar-refractivity contribution in [2.24, 2.45) is 0 Å². The van der Waals surface area contributed by atoms with Gasteiger partial charge in [-0.2, -0.15) is 0 Å². The lowest BCUT2D eigenvalue weighted by molar-refractivity contribution is 0.104. The van der Waals surface area contributed by atoms with Gasteiger partial charge in [0.05, 0.1) is 16.6 Å². The van der Waals surface area contributed by atoms with E-state index in [0.717, 1.165) is 29.2 Å². The van der Waals surface area contributed by atoms with Crippen LogP contribution in [-0.2, 0) is 5.41 Å². The number of carbonyl (C=O) groups excluding carboxylic acids is 1. The predicted octanol–water partition coefficient (Wildman–Crippen LogP) is 15.3. The molecule has 0 aliphatic rings. The van der Waals surface area contributed by atoms with Gasteiger partial charge in [0.1, 0.15) is 0 Å². The number of carbonyl (C=O) groups is 1. The summed E-state index contributed by atoms with van der Waals surface area (Å²) in [7, 11) is 0. The summed E-state index contributed by atoms with van der Waals surface area (Å²) in [6.45, 7) is 10.7. The minimum atomic E-state index is -0.210. The molecule has 2 heterocycles. The molecular weight excluding hydrogens is 743 g/mol. The fraction of sp³-hybridized carbons (Fsp3) is 0.105. The van der Waals surface area contributed by atoms with Gasteiger partial charge in [0.25, 0.3) is 0 Å². The summed E-state index contributed by atoms with van der Waals surface area (Å²) in [5.74, 6) is -0.0558. The van der Waals surface area contributed by atoms with E-state index in [0.29, 0.717) is 5.56 Å². The van der Waals surface area contributed by atoms with Gasteiger partial charge in [0, 0.05) is 66.8 Å². The number of ketones is 1. The number of benzene rings is 8. The van der Waals surface area contributed by atoms with Gasteiger partial charge in [0.15, 0.2) is 5.78 Å². The zero-order valence-corrected chi connectivity index (χ0v) is 34.8. The zero-order chi connectivity index (χ0) is 41.7. The average molecular weight is 790 g/mol. The smallest absolute Gasteiger partial charge is 0.185 e. The SMILES string of the molecule is C=CC(=O)c1ccc(C(C)(CC)C(C)n2c3ccccc3c3cc4c(cc32)c2ccccc2n4-c2ccc(-c3ccc(N(c4ccccc4)c4ccccc4)cc3)cc2)cc1. The van der Waals surface area contributed by atoms with Crippen molar-refractivity contribution in [3.8, 4) is 16.8 Å². The van der Waals surface area contributed by atoms with E-state index < -0.39 is 0 Å². The number of nitrogens with zero attached hydrogens (tertiary/aromatic N) is 3. The summed E-state index contributed by atoms with van der Waals surface area (Å²) in [6.07, 6.45) is 2.31. The third-order valence-electron chi connectivity index (χ3n) is 13.2. The van der Waals surface area contributed by atoms with Crippen LogP contribution in [0.2, 0.25) is 0 Å². The Morgan fingerprint density at radius 1 is 0.574 bits per heavy atom. The van der Waals surface area contributed by atoms with E-state index in [4.69, 9.17) is 0 Å². The van der Waals surface area contributed by atoms with Crippen LogP contribution in [0.5, 0.6) is 0 Å². The Kier molecular flexibility index (Phi) is 9.49. The first-order chi connectivity index (χ1) is 29.9. The van der Waals surface area contributed by atoms with E-state index >= 15 is 0 Å². The summed E-state index contributed by atoms with van der Waals surface area (Å²) in [6, 6.07) is 69.6. The molecule has 0 spiro atoms. The molecule has 0 saturated carbocycles. The number of allylic oxidation sites excluding steroid dienone is 1. The highest BCUT2D eigenvalue weighted by Gasteiger charge is 2.34. The van der Waals surface area contributed by atoms with Crippen LogP contribution in [0, 0.1) is 0 Å². The summed E-state index contributed by atoms with van der Waals surface area (Å²) in [4.78, 5) is 14.7. The van der Waals surface area contributed by atoms with Gasteiger partial charge < -0.3 is 14.0 Å². The van der Waals surface area contributed by atoms with Crippen molar-refractivity contribution in [2.75, 3.05) is 4.90 Å². The van der Waals surface area contributed by atoms with Crippen LogP contribution >= 0.6 is 0 Å². The third-order valence-corrected chi connectivity index (χ3v) is 13.2. The van der Waals surface area contributed by atoms with E-state index in [-0.39, 0.29) is 17.2 Å². The van der Waals surface area contributed by atoms with Crippen LogP contribution in [0.4, 0.5) is 17.1 Å². The van der Waals surface area contributed by atoms with Gasteiger partial charge >= 0.3 is 0 Å². The van der Waals surface area contributed by atoms with Crippen molar-refractivity contribution < 1.29 is 4.79 Å². The maximum atomic E-state index is 12.4. The second-order valence-electron chi connectivity index (χ2n) is 16.3. The van der Waals surface area contributed by atoms with Gasteiger partial charge in [-0.05, 0) is 109 Å². The highest BCUT2D eigenvalue weighted by atomic mass is 16.1. The first kappa shape index (κ1) is 37.8. The Morgan fingerprint density at radius 3 is 1.66 bits per heavy atom. The van der Waals surface area contributed by atoms with Crippen LogP contribution < -0.4 is 4.90 Å². The summed E-state index contributed by atoms with van der Waals surface area (Å²) < 4.78 is 4.98. The first-order valence-electron chi connectivity index (χ1n) is 21.2. The molecule has 10 rings (SSSR count). The van der Waals surface area contributed by atoms with Gasteiger partial charge in [0.2, 0.25) is 0 Å². The lowest BCUT2D eigenvalue weighted by Gasteiger charge is -2.37. The van der Waals surface area contributed by atoms with Crippen molar-refractivity contribution >= 4 is 66.5 Å². The number of hydrogen-bond donors (Lipinski definition) is 0. The van der Waals surface area contributed by atoms with Crippen LogP contribution in [0.1, 0.15) is 49.2 Å². The molecule has 296 valence electrons. The summed E-state index contributed by atoms with van der Waals surface area (Å²) in [5.41, 5.74) is 13.3. The van der Waals surface area contributed by atoms with E-state index in [1.54, 1.807) is 0 Å². The quantitative estimate of drug-likeness (QED) is 0.0965. The maximum absolute atomic E-state index is 12.4. The largest absolute Gasteiger partial charge is 0.337 e. The lowest BCUT2D eigenvalue weighted by atomic mass is 9.74. The molecule has 2 atom stereocenters. The number of aromatic nitrogens is 2. The number of rotatable bonds is 11. The first-order valence-corrected chi connectivity index (χ1v) is 21.2. The molecule has 0 bridgehead atoms. The monoisotopic (exact) mass is 789 g/mol. The van der Waals surface area contributed by atoms with Gasteiger partial charge in [-0.1, -0.05) is 142 Å². The third kappa shape index (κ3) is 6.34. The van der Waals surface area contributed by atoms with Crippen molar-refractivity contribution in [1.82, 2.24) is 9.13 Å². The molecule has 0 amide bonds. The standard InChI is InChI=1S/C57H47N3O/c1-5-56(61)42-25-31-43(32-26-42)57(4,6-2)39(3)58-52-23-15-13-21-48(52)50-38-55-51(37-54(50)58)49-22-14-16-24-53(49)60(55)47-35-29-41(30-36-47)40-27-33-46(34-28-40)59(44-17-9-7-10-18-44)45-19-11-8-12-20-45/h5,7-39H,1,6H2,2-4H3.